The molecule has 1 amide bonds. The van der Waals surface area contributed by atoms with Crippen LogP contribution in [0.1, 0.15) is 16.1 Å². The molecule has 2 aromatic carbocycles. The Hall–Kier alpha value is -3.39. The van der Waals surface area contributed by atoms with Crippen LogP contribution < -0.4 is 10.1 Å². The Balaban J connectivity index is 1.63. The van der Waals surface area contributed by atoms with E-state index in [9.17, 15) is 19.1 Å². The van der Waals surface area contributed by atoms with Crippen LogP contribution in [0.2, 0.25) is 0 Å². The van der Waals surface area contributed by atoms with Gasteiger partial charge in [0.05, 0.1) is 20.3 Å². The molecule has 0 aliphatic carbocycles. The second kappa shape index (κ2) is 8.53. The van der Waals surface area contributed by atoms with Gasteiger partial charge in [0.25, 0.3) is 5.91 Å². The third-order valence-corrected chi connectivity index (χ3v) is 3.99. The number of amides is 1. The molecular weight excluding hydrogens is 369 g/mol. The number of carbonyl (C=O) groups is 2. The molecule has 0 aliphatic rings. The number of hydrogen-bond donors (Lipinski definition) is 2. The van der Waals surface area contributed by atoms with Crippen molar-refractivity contribution in [2.24, 2.45) is 0 Å². The third-order valence-electron chi connectivity index (χ3n) is 3.99. The second-order valence-electron chi connectivity index (χ2n) is 6.02. The molecule has 0 saturated heterocycles. The number of hydrogen-bond acceptors (Lipinski definition) is 5. The van der Waals surface area contributed by atoms with Crippen LogP contribution in [0, 0.1) is 5.82 Å². The fourth-order valence-electron chi connectivity index (χ4n) is 2.59. The standard InChI is InChI=1S/C20H18FNO6/c1-26-15-5-6-17-13(8-15)9-18(28-17)19(23)22-16(20(24)25)11-27-10-12-3-2-4-14(21)7-12/h2-9,16H,10-11H2,1H3,(H,22,23)(H,24,25). The lowest BCUT2D eigenvalue weighted by molar-refractivity contribution is -0.141. The van der Waals surface area contributed by atoms with Gasteiger partial charge < -0.3 is 24.3 Å². The molecule has 0 spiro atoms. The number of nitrogens with one attached hydrogen (secondary N) is 1. The van der Waals surface area contributed by atoms with Gasteiger partial charge in [0.1, 0.15) is 17.1 Å². The molecule has 1 atom stereocenters. The van der Waals surface area contributed by atoms with Crippen LogP contribution >= 0.6 is 0 Å². The summed E-state index contributed by atoms with van der Waals surface area (Å²) in [6.45, 7) is -0.270. The van der Waals surface area contributed by atoms with E-state index in [2.05, 4.69) is 5.32 Å². The van der Waals surface area contributed by atoms with Crippen molar-refractivity contribution in [1.82, 2.24) is 5.32 Å². The number of benzene rings is 2. The highest BCUT2D eigenvalue weighted by molar-refractivity contribution is 5.98. The minimum atomic E-state index is -1.29. The maximum absolute atomic E-state index is 13.2. The zero-order valence-electron chi connectivity index (χ0n) is 15.0. The Bertz CT molecular complexity index is 999. The topological polar surface area (TPSA) is 98.0 Å². The molecule has 146 valence electrons. The molecule has 0 aliphatic heterocycles. The molecule has 28 heavy (non-hydrogen) atoms. The van der Waals surface area contributed by atoms with E-state index >= 15 is 0 Å². The number of methoxy groups -OCH3 is 1. The lowest BCUT2D eigenvalue weighted by atomic mass is 10.2. The smallest absolute Gasteiger partial charge is 0.328 e. The van der Waals surface area contributed by atoms with Crippen LogP contribution in [0.25, 0.3) is 11.0 Å². The summed E-state index contributed by atoms with van der Waals surface area (Å²) < 4.78 is 29.0. The predicted octanol–water partition coefficient (Wildman–Crippen LogP) is 2.98. The van der Waals surface area contributed by atoms with Crippen molar-refractivity contribution < 1.29 is 33.0 Å². The summed E-state index contributed by atoms with van der Waals surface area (Å²) in [5.41, 5.74) is 1.03. The third kappa shape index (κ3) is 4.66. The lowest BCUT2D eigenvalue weighted by Crippen LogP contribution is -2.43. The average molecular weight is 387 g/mol. The van der Waals surface area contributed by atoms with Crippen molar-refractivity contribution in [3.8, 4) is 5.75 Å². The molecule has 0 saturated carbocycles. The van der Waals surface area contributed by atoms with E-state index in [1.807, 2.05) is 0 Å². The monoisotopic (exact) mass is 387 g/mol. The molecule has 3 aromatic rings. The minimum absolute atomic E-state index is 0.0157. The fourth-order valence-corrected chi connectivity index (χ4v) is 2.59. The van der Waals surface area contributed by atoms with E-state index in [-0.39, 0.29) is 19.0 Å². The van der Waals surface area contributed by atoms with Gasteiger partial charge in [0, 0.05) is 5.39 Å². The van der Waals surface area contributed by atoms with Gasteiger partial charge in [-0.1, -0.05) is 12.1 Å². The number of rotatable bonds is 8. The first kappa shape index (κ1) is 19.4. The summed E-state index contributed by atoms with van der Waals surface area (Å²) in [6.07, 6.45) is 0. The van der Waals surface area contributed by atoms with E-state index in [4.69, 9.17) is 13.9 Å². The minimum Gasteiger partial charge on any atom is -0.497 e. The van der Waals surface area contributed by atoms with E-state index in [1.54, 1.807) is 24.3 Å². The van der Waals surface area contributed by atoms with Crippen molar-refractivity contribution >= 4 is 22.8 Å². The molecule has 0 bridgehead atoms. The maximum atomic E-state index is 13.2. The van der Waals surface area contributed by atoms with Crippen LogP contribution in [0.4, 0.5) is 4.39 Å². The first-order valence-electron chi connectivity index (χ1n) is 8.39. The predicted molar refractivity (Wildman–Crippen MR) is 97.7 cm³/mol. The summed E-state index contributed by atoms with van der Waals surface area (Å²) in [4.78, 5) is 23.8. The summed E-state index contributed by atoms with van der Waals surface area (Å²) in [5.74, 6) is -1.78. The van der Waals surface area contributed by atoms with Crippen LogP contribution in [0.3, 0.4) is 0 Å². The number of carboxylic acids is 1. The van der Waals surface area contributed by atoms with Gasteiger partial charge >= 0.3 is 5.97 Å². The Morgan fingerprint density at radius 1 is 1.21 bits per heavy atom. The van der Waals surface area contributed by atoms with E-state index < -0.39 is 23.7 Å². The normalized spacial score (nSPS) is 11.9. The fraction of sp³-hybridized carbons (Fsp3) is 0.200. The van der Waals surface area contributed by atoms with Crippen LogP contribution in [-0.4, -0.2) is 36.7 Å². The Morgan fingerprint density at radius 3 is 2.75 bits per heavy atom. The van der Waals surface area contributed by atoms with Crippen LogP contribution in [0.15, 0.2) is 52.9 Å². The molecular formula is C20H18FNO6. The van der Waals surface area contributed by atoms with Crippen molar-refractivity contribution in [2.45, 2.75) is 12.6 Å². The van der Waals surface area contributed by atoms with E-state index in [1.165, 1.54) is 31.4 Å². The molecule has 7 nitrogen and oxygen atoms in total. The van der Waals surface area contributed by atoms with E-state index in [0.29, 0.717) is 22.3 Å². The van der Waals surface area contributed by atoms with Crippen LogP contribution in [-0.2, 0) is 16.1 Å². The van der Waals surface area contributed by atoms with Gasteiger partial charge in [-0.15, -0.1) is 0 Å². The Kier molecular flexibility index (Phi) is 5.90. The SMILES string of the molecule is COc1ccc2oc(C(=O)NC(COCc3cccc(F)c3)C(=O)O)cc2c1. The molecule has 8 heteroatoms. The molecule has 1 heterocycles. The molecule has 1 unspecified atom stereocenters. The van der Waals surface area contributed by atoms with Crippen LogP contribution in [0.5, 0.6) is 5.75 Å². The van der Waals surface area contributed by atoms with Gasteiger partial charge in [0.2, 0.25) is 0 Å². The Labute approximate surface area is 159 Å². The highest BCUT2D eigenvalue weighted by Crippen LogP contribution is 2.24. The first-order chi connectivity index (χ1) is 13.5. The molecule has 3 rings (SSSR count). The van der Waals surface area contributed by atoms with Crippen molar-refractivity contribution in [2.75, 3.05) is 13.7 Å². The van der Waals surface area contributed by atoms with Gasteiger partial charge in [-0.3, -0.25) is 4.79 Å². The Morgan fingerprint density at radius 2 is 2.04 bits per heavy atom. The molecule has 2 N–H and O–H groups in total. The highest BCUT2D eigenvalue weighted by atomic mass is 19.1. The number of fused-ring (bicyclic) bond motifs is 1. The zero-order chi connectivity index (χ0) is 20.1. The number of halogens is 1. The summed E-state index contributed by atoms with van der Waals surface area (Å²) in [6, 6.07) is 11.0. The number of carbonyl (C=O) groups excluding carboxylic acids is 1. The molecule has 1 aromatic heterocycles. The van der Waals surface area contributed by atoms with Gasteiger partial charge in [-0.2, -0.15) is 0 Å². The highest BCUT2D eigenvalue weighted by Gasteiger charge is 2.23. The average Bonchev–Trinajstić information content (AvgIpc) is 3.10. The van der Waals surface area contributed by atoms with E-state index in [0.717, 1.165) is 0 Å². The quantitative estimate of drug-likeness (QED) is 0.617. The van der Waals surface area contributed by atoms with Crippen molar-refractivity contribution in [3.63, 3.8) is 0 Å². The van der Waals surface area contributed by atoms with Gasteiger partial charge in [-0.25, -0.2) is 9.18 Å². The van der Waals surface area contributed by atoms with Gasteiger partial charge in [0.15, 0.2) is 11.8 Å². The number of furan rings is 1. The summed E-state index contributed by atoms with van der Waals surface area (Å²) in [5, 5.41) is 12.3. The summed E-state index contributed by atoms with van der Waals surface area (Å²) >= 11 is 0. The molecule has 0 radical (unpaired) electrons. The maximum Gasteiger partial charge on any atom is 0.328 e. The number of aliphatic carboxylic acids is 1. The molecule has 0 fully saturated rings. The van der Waals surface area contributed by atoms with Crippen molar-refractivity contribution in [3.05, 3.63) is 65.7 Å². The first-order valence-corrected chi connectivity index (χ1v) is 8.39. The summed E-state index contributed by atoms with van der Waals surface area (Å²) in [7, 11) is 1.52. The largest absolute Gasteiger partial charge is 0.497 e. The second-order valence-corrected chi connectivity index (χ2v) is 6.02. The zero-order valence-corrected chi connectivity index (χ0v) is 15.0. The number of ether oxygens (including phenoxy) is 2. The van der Waals surface area contributed by atoms with Gasteiger partial charge in [-0.05, 0) is 42.0 Å². The number of carboxylic acid groups (broad SMARTS) is 1. The van der Waals surface area contributed by atoms with Crippen molar-refractivity contribution in [1.29, 1.82) is 0 Å². The lowest BCUT2D eigenvalue weighted by Gasteiger charge is -2.14.